The van der Waals surface area contributed by atoms with Crippen LogP contribution in [0.5, 0.6) is 11.6 Å². The minimum atomic E-state index is -0.832. The molecule has 0 saturated heterocycles. The molecule has 8 nitrogen and oxygen atoms in total. The fourth-order valence-corrected chi connectivity index (χ4v) is 2.98. The number of rotatable bonds is 4. The first-order valence-electron chi connectivity index (χ1n) is 8.70. The third-order valence-corrected chi connectivity index (χ3v) is 4.42. The van der Waals surface area contributed by atoms with Gasteiger partial charge < -0.3 is 9.84 Å². The Kier molecular flexibility index (Phi) is 4.66. The van der Waals surface area contributed by atoms with Gasteiger partial charge in [-0.1, -0.05) is 36.4 Å². The summed E-state index contributed by atoms with van der Waals surface area (Å²) < 4.78 is 6.03. The van der Waals surface area contributed by atoms with Gasteiger partial charge in [0, 0.05) is 5.39 Å². The fourth-order valence-electron chi connectivity index (χ4n) is 2.98. The largest absolute Gasteiger partial charge is 0.497 e. The number of aromatic nitrogens is 2. The highest BCUT2D eigenvalue weighted by Gasteiger charge is 2.15. The van der Waals surface area contributed by atoms with Gasteiger partial charge >= 0.3 is 5.69 Å². The lowest BCUT2D eigenvalue weighted by molar-refractivity contribution is 0.414. The minimum absolute atomic E-state index is 0.339. The monoisotopic (exact) mass is 388 g/mol. The number of nitrogens with zero attached hydrogens (tertiary/aromatic N) is 3. The summed E-state index contributed by atoms with van der Waals surface area (Å²) in [7, 11) is 1.52. The van der Waals surface area contributed by atoms with Crippen LogP contribution in [0.4, 0.5) is 11.4 Å². The van der Waals surface area contributed by atoms with E-state index in [1.54, 1.807) is 30.3 Å². The van der Waals surface area contributed by atoms with Crippen molar-refractivity contribution in [3.05, 3.63) is 87.6 Å². The Labute approximate surface area is 164 Å². The molecule has 29 heavy (non-hydrogen) atoms. The van der Waals surface area contributed by atoms with Crippen molar-refractivity contribution in [1.29, 1.82) is 0 Å². The van der Waals surface area contributed by atoms with Crippen molar-refractivity contribution in [1.82, 2.24) is 9.55 Å². The molecule has 8 heteroatoms. The molecular weight excluding hydrogens is 372 g/mol. The highest BCUT2D eigenvalue weighted by atomic mass is 16.5. The summed E-state index contributed by atoms with van der Waals surface area (Å²) in [6, 6.07) is 19.5. The van der Waals surface area contributed by atoms with Crippen molar-refractivity contribution in [3.8, 4) is 17.3 Å². The molecule has 0 bridgehead atoms. The van der Waals surface area contributed by atoms with Crippen LogP contribution in [0.15, 0.2) is 86.5 Å². The molecular formula is C21H16N4O4. The summed E-state index contributed by atoms with van der Waals surface area (Å²) in [5, 5.41) is 20.4. The average Bonchev–Trinajstić information content (AvgIpc) is 2.74. The van der Waals surface area contributed by atoms with E-state index in [4.69, 9.17) is 4.74 Å². The maximum Gasteiger partial charge on any atom is 0.335 e. The summed E-state index contributed by atoms with van der Waals surface area (Å²) >= 11 is 0. The number of benzene rings is 3. The lowest BCUT2D eigenvalue weighted by Crippen LogP contribution is -2.28. The summed E-state index contributed by atoms with van der Waals surface area (Å²) in [5.74, 6) is -0.0190. The van der Waals surface area contributed by atoms with Crippen molar-refractivity contribution in [3.63, 3.8) is 0 Å². The van der Waals surface area contributed by atoms with Crippen molar-refractivity contribution in [2.75, 3.05) is 7.11 Å². The third kappa shape index (κ3) is 3.39. The molecule has 2 N–H and O–H groups in total. The zero-order valence-electron chi connectivity index (χ0n) is 15.4. The average molecular weight is 388 g/mol. The molecule has 0 spiro atoms. The van der Waals surface area contributed by atoms with Gasteiger partial charge in [-0.15, -0.1) is 10.2 Å². The fraction of sp³-hybridized carbons (Fsp3) is 0.0476. The van der Waals surface area contributed by atoms with Crippen LogP contribution in [-0.4, -0.2) is 21.8 Å². The van der Waals surface area contributed by atoms with Crippen LogP contribution >= 0.6 is 0 Å². The van der Waals surface area contributed by atoms with Gasteiger partial charge in [0.05, 0.1) is 18.5 Å². The number of aromatic hydroxyl groups is 1. The Balaban J connectivity index is 1.83. The second-order valence-corrected chi connectivity index (χ2v) is 6.16. The highest BCUT2D eigenvalue weighted by Crippen LogP contribution is 2.29. The van der Waals surface area contributed by atoms with Crippen LogP contribution in [0.3, 0.4) is 0 Å². The molecule has 3 aromatic carbocycles. The van der Waals surface area contributed by atoms with Crippen molar-refractivity contribution in [2.45, 2.75) is 0 Å². The lowest BCUT2D eigenvalue weighted by atomic mass is 10.1. The van der Waals surface area contributed by atoms with Crippen LogP contribution < -0.4 is 16.0 Å². The van der Waals surface area contributed by atoms with E-state index in [9.17, 15) is 14.7 Å². The molecule has 0 saturated carbocycles. The Bertz CT molecular complexity index is 1330. The summed E-state index contributed by atoms with van der Waals surface area (Å²) in [4.78, 5) is 26.6. The van der Waals surface area contributed by atoms with Crippen molar-refractivity contribution >= 4 is 22.1 Å². The van der Waals surface area contributed by atoms with Gasteiger partial charge in [0.1, 0.15) is 5.75 Å². The van der Waals surface area contributed by atoms with Crippen LogP contribution in [0.25, 0.3) is 16.5 Å². The van der Waals surface area contributed by atoms with Crippen molar-refractivity contribution in [2.24, 2.45) is 10.2 Å². The molecule has 0 aliphatic carbocycles. The topological polar surface area (TPSA) is 109 Å². The first-order valence-corrected chi connectivity index (χ1v) is 8.70. The predicted molar refractivity (Wildman–Crippen MR) is 109 cm³/mol. The SMILES string of the molecule is COc1ccc(-n2c(O)c(N=Nc3cccc4ccccc34)c(=O)[nH]c2=O)cc1. The number of azo groups is 1. The van der Waals surface area contributed by atoms with E-state index in [-0.39, 0.29) is 5.69 Å². The molecule has 0 aliphatic heterocycles. The quantitative estimate of drug-likeness (QED) is 0.518. The minimum Gasteiger partial charge on any atom is -0.497 e. The highest BCUT2D eigenvalue weighted by molar-refractivity contribution is 5.92. The number of aromatic amines is 1. The summed E-state index contributed by atoms with van der Waals surface area (Å²) in [5.41, 5.74) is -1.12. The van der Waals surface area contributed by atoms with Gasteiger partial charge in [0.25, 0.3) is 5.56 Å². The maximum atomic E-state index is 12.3. The van der Waals surface area contributed by atoms with Gasteiger partial charge in [-0.3, -0.25) is 9.78 Å². The predicted octanol–water partition coefficient (Wildman–Crippen LogP) is 3.81. The molecule has 4 rings (SSSR count). The molecule has 0 unspecified atom stereocenters. The first kappa shape index (κ1) is 18.2. The van der Waals surface area contributed by atoms with Gasteiger partial charge in [0.2, 0.25) is 11.6 Å². The van der Waals surface area contributed by atoms with E-state index >= 15 is 0 Å². The van der Waals surface area contributed by atoms with E-state index < -0.39 is 17.1 Å². The van der Waals surface area contributed by atoms with E-state index in [0.29, 0.717) is 17.1 Å². The lowest BCUT2D eigenvalue weighted by Gasteiger charge is -2.09. The van der Waals surface area contributed by atoms with Gasteiger partial charge in [-0.05, 0) is 35.7 Å². The number of nitrogens with one attached hydrogen (secondary N) is 1. The second-order valence-electron chi connectivity index (χ2n) is 6.16. The Morgan fingerprint density at radius 1 is 0.931 bits per heavy atom. The first-order chi connectivity index (χ1) is 14.1. The second kappa shape index (κ2) is 7.43. The van der Waals surface area contributed by atoms with Crippen LogP contribution in [0.2, 0.25) is 0 Å². The molecule has 4 aromatic rings. The molecule has 0 radical (unpaired) electrons. The van der Waals surface area contributed by atoms with E-state index in [0.717, 1.165) is 15.3 Å². The van der Waals surface area contributed by atoms with Gasteiger partial charge in [-0.2, -0.15) is 0 Å². The van der Waals surface area contributed by atoms with Gasteiger partial charge in [0.15, 0.2) is 0 Å². The Morgan fingerprint density at radius 3 is 2.41 bits per heavy atom. The normalized spacial score (nSPS) is 11.2. The maximum absolute atomic E-state index is 12.3. The molecule has 0 aliphatic rings. The van der Waals surface area contributed by atoms with E-state index in [2.05, 4.69) is 15.2 Å². The number of hydrogen-bond acceptors (Lipinski definition) is 6. The number of hydrogen-bond donors (Lipinski definition) is 2. The van der Waals surface area contributed by atoms with Crippen molar-refractivity contribution < 1.29 is 9.84 Å². The summed E-state index contributed by atoms with van der Waals surface area (Å²) in [6.45, 7) is 0. The number of fused-ring (bicyclic) bond motifs is 1. The smallest absolute Gasteiger partial charge is 0.335 e. The van der Waals surface area contributed by atoms with Crippen LogP contribution in [0.1, 0.15) is 0 Å². The molecule has 0 atom stereocenters. The molecule has 144 valence electrons. The van der Waals surface area contributed by atoms with Gasteiger partial charge in [-0.25, -0.2) is 9.36 Å². The van der Waals surface area contributed by atoms with E-state index in [1.165, 1.54) is 7.11 Å². The van der Waals surface area contributed by atoms with Crippen LogP contribution in [-0.2, 0) is 0 Å². The Hall–Kier alpha value is -4.20. The third-order valence-electron chi connectivity index (χ3n) is 4.42. The molecule has 1 aromatic heterocycles. The number of H-pyrrole nitrogens is 1. The standard InChI is InChI=1S/C21H16N4O4/c1-29-15-11-9-14(10-12-15)25-20(27)18(19(26)22-21(25)28)24-23-17-8-4-6-13-5-2-3-7-16(13)17/h2-12,27H,1H3,(H,22,26,28). The summed E-state index contributed by atoms with van der Waals surface area (Å²) in [6.07, 6.45) is 0. The zero-order valence-corrected chi connectivity index (χ0v) is 15.4. The molecule has 0 fully saturated rings. The zero-order chi connectivity index (χ0) is 20.4. The number of methoxy groups -OCH3 is 1. The molecule has 1 heterocycles. The number of ether oxygens (including phenoxy) is 1. The molecule has 0 amide bonds. The Morgan fingerprint density at radius 2 is 1.66 bits per heavy atom. The van der Waals surface area contributed by atoms with E-state index in [1.807, 2.05) is 36.4 Å². The van der Waals surface area contributed by atoms with Crippen LogP contribution in [0, 0.1) is 0 Å².